The van der Waals surface area contributed by atoms with Crippen molar-refractivity contribution >= 4 is 28.6 Å². The van der Waals surface area contributed by atoms with Crippen LogP contribution in [0.3, 0.4) is 0 Å². The molecule has 2 aromatic rings. The number of nitrogen functional groups attached to an aromatic ring is 1. The summed E-state index contributed by atoms with van der Waals surface area (Å²) in [5.74, 6) is -0.502. The molecule has 6 nitrogen and oxygen atoms in total. The van der Waals surface area contributed by atoms with Gasteiger partial charge in [-0.2, -0.15) is 0 Å². The molecule has 3 N–H and O–H groups in total. The van der Waals surface area contributed by atoms with Crippen molar-refractivity contribution in [2.75, 3.05) is 5.73 Å². The van der Waals surface area contributed by atoms with Crippen molar-refractivity contribution in [3.8, 4) is 0 Å². The van der Waals surface area contributed by atoms with Crippen molar-refractivity contribution in [1.82, 2.24) is 5.32 Å². The lowest BCUT2D eigenvalue weighted by Crippen LogP contribution is -2.23. The third-order valence-corrected chi connectivity index (χ3v) is 4.29. The predicted molar refractivity (Wildman–Crippen MR) is 82.5 cm³/mol. The second kappa shape index (κ2) is 5.92. The SMILES string of the molecule is Cc1cc(CNC(=O)c2cccc(N)c2[N+](=O)[O-])sc1C. The van der Waals surface area contributed by atoms with Crippen molar-refractivity contribution in [2.24, 2.45) is 0 Å². The summed E-state index contributed by atoms with van der Waals surface area (Å²) in [7, 11) is 0. The summed E-state index contributed by atoms with van der Waals surface area (Å²) in [5, 5.41) is 13.7. The number of nitrogens with two attached hydrogens (primary N) is 1. The Balaban J connectivity index is 2.17. The molecule has 0 fully saturated rings. The second-order valence-electron chi connectivity index (χ2n) is 4.64. The Kier molecular flexibility index (Phi) is 4.23. The van der Waals surface area contributed by atoms with E-state index < -0.39 is 10.8 Å². The number of hydrogen-bond donors (Lipinski definition) is 2. The van der Waals surface area contributed by atoms with Gasteiger partial charge >= 0.3 is 5.69 Å². The quantitative estimate of drug-likeness (QED) is 0.515. The number of thiophene rings is 1. The highest BCUT2D eigenvalue weighted by molar-refractivity contribution is 7.12. The minimum atomic E-state index is -0.635. The first-order valence-electron chi connectivity index (χ1n) is 6.27. The number of nitrogens with zero attached hydrogens (tertiary/aromatic N) is 1. The highest BCUT2D eigenvalue weighted by Crippen LogP contribution is 2.26. The third-order valence-electron chi connectivity index (χ3n) is 3.13. The number of amides is 1. The van der Waals surface area contributed by atoms with Crippen molar-refractivity contribution in [1.29, 1.82) is 0 Å². The van der Waals surface area contributed by atoms with Crippen LogP contribution in [0.4, 0.5) is 11.4 Å². The number of anilines is 1. The van der Waals surface area contributed by atoms with E-state index in [-0.39, 0.29) is 16.9 Å². The Bertz CT molecular complexity index is 690. The zero-order valence-corrected chi connectivity index (χ0v) is 12.5. The maximum Gasteiger partial charge on any atom is 0.304 e. The van der Waals surface area contributed by atoms with Crippen molar-refractivity contribution < 1.29 is 9.72 Å². The van der Waals surface area contributed by atoms with Crippen LogP contribution >= 0.6 is 11.3 Å². The predicted octanol–water partition coefficient (Wildman–Crippen LogP) is 2.79. The van der Waals surface area contributed by atoms with Crippen LogP contribution in [0.15, 0.2) is 24.3 Å². The molecule has 0 aliphatic carbocycles. The van der Waals surface area contributed by atoms with Crippen molar-refractivity contribution in [2.45, 2.75) is 20.4 Å². The largest absolute Gasteiger partial charge is 0.393 e. The van der Waals surface area contributed by atoms with Crippen LogP contribution in [0.5, 0.6) is 0 Å². The molecule has 1 heterocycles. The van der Waals surface area contributed by atoms with Crippen LogP contribution in [-0.2, 0) is 6.54 Å². The molecule has 0 saturated carbocycles. The molecule has 1 aromatic heterocycles. The average molecular weight is 305 g/mol. The van der Waals surface area contributed by atoms with Crippen molar-refractivity contribution in [3.05, 3.63) is 55.3 Å². The smallest absolute Gasteiger partial charge is 0.304 e. The van der Waals surface area contributed by atoms with Crippen LogP contribution in [-0.4, -0.2) is 10.8 Å². The monoisotopic (exact) mass is 305 g/mol. The van der Waals surface area contributed by atoms with Gasteiger partial charge in [0, 0.05) is 9.75 Å². The zero-order valence-electron chi connectivity index (χ0n) is 11.7. The third kappa shape index (κ3) is 3.19. The van der Waals surface area contributed by atoms with Crippen molar-refractivity contribution in [3.63, 3.8) is 0 Å². The number of benzene rings is 1. The highest BCUT2D eigenvalue weighted by atomic mass is 32.1. The van der Waals surface area contributed by atoms with E-state index in [1.54, 1.807) is 11.3 Å². The fourth-order valence-electron chi connectivity index (χ4n) is 1.95. The Hall–Kier alpha value is -2.41. The van der Waals surface area contributed by atoms with Gasteiger partial charge in [-0.3, -0.25) is 14.9 Å². The van der Waals surface area contributed by atoms with Gasteiger partial charge in [-0.25, -0.2) is 0 Å². The summed E-state index contributed by atoms with van der Waals surface area (Å²) in [6.45, 7) is 4.35. The topological polar surface area (TPSA) is 98.3 Å². The minimum Gasteiger partial charge on any atom is -0.393 e. The summed E-state index contributed by atoms with van der Waals surface area (Å²) in [5.41, 5.74) is 6.34. The van der Waals surface area contributed by atoms with Gasteiger partial charge in [0.15, 0.2) is 0 Å². The highest BCUT2D eigenvalue weighted by Gasteiger charge is 2.22. The fraction of sp³-hybridized carbons (Fsp3) is 0.214. The van der Waals surface area contributed by atoms with E-state index in [1.807, 2.05) is 19.9 Å². The van der Waals surface area contributed by atoms with Crippen LogP contribution in [0.2, 0.25) is 0 Å². The summed E-state index contributed by atoms with van der Waals surface area (Å²) in [4.78, 5) is 24.7. The van der Waals surface area contributed by atoms with E-state index in [1.165, 1.54) is 28.6 Å². The van der Waals surface area contributed by atoms with Crippen LogP contribution in [0, 0.1) is 24.0 Å². The van der Waals surface area contributed by atoms with E-state index >= 15 is 0 Å². The van der Waals surface area contributed by atoms with E-state index in [4.69, 9.17) is 5.73 Å². The Morgan fingerprint density at radius 2 is 2.14 bits per heavy atom. The Labute approximate surface area is 125 Å². The molecule has 0 aliphatic heterocycles. The molecule has 1 aromatic carbocycles. The van der Waals surface area contributed by atoms with E-state index in [0.717, 1.165) is 4.88 Å². The number of aryl methyl sites for hydroxylation is 2. The number of nitrogens with one attached hydrogen (secondary N) is 1. The van der Waals surface area contributed by atoms with Gasteiger partial charge in [0.25, 0.3) is 5.91 Å². The number of carbonyl (C=O) groups is 1. The van der Waals surface area contributed by atoms with Crippen LogP contribution < -0.4 is 11.1 Å². The van der Waals surface area contributed by atoms with E-state index in [9.17, 15) is 14.9 Å². The molecule has 0 aliphatic rings. The second-order valence-corrected chi connectivity index (χ2v) is 5.98. The normalized spacial score (nSPS) is 10.4. The van der Waals surface area contributed by atoms with Gasteiger partial charge in [-0.1, -0.05) is 6.07 Å². The Morgan fingerprint density at radius 1 is 1.43 bits per heavy atom. The van der Waals surface area contributed by atoms with E-state index in [0.29, 0.717) is 6.54 Å². The Morgan fingerprint density at radius 3 is 2.71 bits per heavy atom. The van der Waals surface area contributed by atoms with Gasteiger partial charge in [0.05, 0.1) is 11.5 Å². The average Bonchev–Trinajstić information content (AvgIpc) is 2.74. The lowest BCUT2D eigenvalue weighted by molar-refractivity contribution is -0.384. The lowest BCUT2D eigenvalue weighted by atomic mass is 10.1. The molecule has 7 heteroatoms. The number of nitro groups is 1. The molecule has 0 unspecified atom stereocenters. The zero-order chi connectivity index (χ0) is 15.6. The van der Waals surface area contributed by atoms with Crippen LogP contribution in [0.25, 0.3) is 0 Å². The number of rotatable bonds is 4. The molecule has 2 rings (SSSR count). The van der Waals surface area contributed by atoms with E-state index in [2.05, 4.69) is 5.32 Å². The standard InChI is InChI=1S/C14H15N3O3S/c1-8-6-10(21-9(8)2)7-16-14(18)11-4-3-5-12(15)13(11)17(19)20/h3-6H,7,15H2,1-2H3,(H,16,18). The lowest BCUT2D eigenvalue weighted by Gasteiger charge is -2.06. The summed E-state index contributed by atoms with van der Waals surface area (Å²) < 4.78 is 0. The van der Waals surface area contributed by atoms with Gasteiger partial charge in [0.2, 0.25) is 0 Å². The molecule has 110 valence electrons. The maximum absolute atomic E-state index is 12.1. The minimum absolute atomic E-state index is 0.0181. The number of carbonyl (C=O) groups excluding carboxylic acids is 1. The first-order valence-corrected chi connectivity index (χ1v) is 7.08. The molecule has 1 amide bonds. The van der Waals surface area contributed by atoms with Gasteiger partial charge in [-0.05, 0) is 37.6 Å². The summed E-state index contributed by atoms with van der Waals surface area (Å²) in [6.07, 6.45) is 0. The van der Waals surface area contributed by atoms with Crippen LogP contribution in [0.1, 0.15) is 25.7 Å². The molecule has 0 bridgehead atoms. The number of nitro benzene ring substituents is 1. The van der Waals surface area contributed by atoms with Gasteiger partial charge in [-0.15, -0.1) is 11.3 Å². The fourth-order valence-corrected chi connectivity index (χ4v) is 2.94. The first kappa shape index (κ1) is 15.0. The molecule has 0 saturated heterocycles. The molecular weight excluding hydrogens is 290 g/mol. The summed E-state index contributed by atoms with van der Waals surface area (Å²) in [6, 6.07) is 6.32. The van der Waals surface area contributed by atoms with Gasteiger partial charge < -0.3 is 11.1 Å². The maximum atomic E-state index is 12.1. The molecule has 0 radical (unpaired) electrons. The molecule has 0 atom stereocenters. The first-order chi connectivity index (χ1) is 9.90. The number of hydrogen-bond acceptors (Lipinski definition) is 5. The van der Waals surface area contributed by atoms with Gasteiger partial charge in [0.1, 0.15) is 11.3 Å². The number of para-hydroxylation sites is 1. The molecular formula is C14H15N3O3S. The molecule has 21 heavy (non-hydrogen) atoms. The summed E-state index contributed by atoms with van der Waals surface area (Å²) >= 11 is 1.59. The molecule has 0 spiro atoms.